The molecular formula is C32H31Cl2N5O7. The van der Waals surface area contributed by atoms with Crippen molar-refractivity contribution >= 4 is 41.4 Å². The highest BCUT2D eigenvalue weighted by Gasteiger charge is 2.32. The number of aliphatic hydroxyl groups excluding tert-OH is 1. The summed E-state index contributed by atoms with van der Waals surface area (Å²) in [5.74, 6) is 0.339. The third kappa shape index (κ3) is 8.39. The van der Waals surface area contributed by atoms with Crippen molar-refractivity contribution in [1.29, 1.82) is 5.26 Å². The molecule has 46 heavy (non-hydrogen) atoms. The molecule has 0 radical (unpaired) electrons. The fraction of sp³-hybridized carbons (Fsp3) is 0.250. The molecule has 0 bridgehead atoms. The summed E-state index contributed by atoms with van der Waals surface area (Å²) in [5, 5.41) is 29.5. The smallest absolute Gasteiger partial charge is 0.337 e. The van der Waals surface area contributed by atoms with Crippen LogP contribution < -0.4 is 30.3 Å². The summed E-state index contributed by atoms with van der Waals surface area (Å²) in [6, 6.07) is 16.0. The first-order chi connectivity index (χ1) is 22.1. The van der Waals surface area contributed by atoms with Crippen molar-refractivity contribution in [1.82, 2.24) is 16.1 Å². The van der Waals surface area contributed by atoms with Gasteiger partial charge in [0.15, 0.2) is 23.5 Å². The molecule has 0 saturated carbocycles. The highest BCUT2D eigenvalue weighted by molar-refractivity contribution is 6.37. The topological polar surface area (TPSA) is 164 Å². The van der Waals surface area contributed by atoms with E-state index in [2.05, 4.69) is 27.2 Å². The van der Waals surface area contributed by atoms with Crippen LogP contribution in [-0.4, -0.2) is 49.9 Å². The predicted molar refractivity (Wildman–Crippen MR) is 171 cm³/mol. The van der Waals surface area contributed by atoms with E-state index >= 15 is 0 Å². The van der Waals surface area contributed by atoms with Gasteiger partial charge < -0.3 is 34.7 Å². The number of hydrogen-bond acceptors (Lipinski definition) is 10. The van der Waals surface area contributed by atoms with Crippen LogP contribution in [-0.2, 0) is 16.1 Å². The van der Waals surface area contributed by atoms with Crippen LogP contribution in [0, 0.1) is 11.3 Å². The van der Waals surface area contributed by atoms with E-state index in [9.17, 15) is 20.0 Å². The minimum absolute atomic E-state index is 0.109. The van der Waals surface area contributed by atoms with Gasteiger partial charge in [0.05, 0.1) is 53.2 Å². The molecule has 4 rings (SSSR count). The number of carbonyl (C=O) groups is 2. The first-order valence-electron chi connectivity index (χ1n) is 14.0. The van der Waals surface area contributed by atoms with Crippen molar-refractivity contribution in [2.24, 2.45) is 5.10 Å². The molecule has 0 spiro atoms. The predicted octanol–water partition coefficient (Wildman–Crippen LogP) is 4.96. The SMILES string of the molecule is CCOc1cc([C@@H]2NC(=O)NC(C)=C2C(=O)OC)ccc1OC[C@H](O)N/N=C\c1cc(Cl)c(OCc2ccccc2C#N)c(Cl)c1. The number of rotatable bonds is 13. The number of hydrazone groups is 1. The summed E-state index contributed by atoms with van der Waals surface area (Å²) < 4.78 is 22.2. The number of urea groups is 1. The molecule has 0 saturated heterocycles. The number of halogens is 2. The summed E-state index contributed by atoms with van der Waals surface area (Å²) >= 11 is 12.8. The number of amides is 2. The standard InChI is InChI=1S/C32H31Cl2N5O7/c1-4-44-26-13-20(29-28(31(41)43-3)18(2)37-32(42)38-29)9-10-25(26)45-17-27(40)39-36-15-19-11-23(33)30(24(34)12-19)46-16-22-8-6-5-7-21(22)14-35/h5-13,15,27,29,39-40H,4,16-17H2,1-3H3,(H2,37,38,42)/b36-15-/t27-,29-/m0/s1. The zero-order valence-electron chi connectivity index (χ0n) is 25.1. The minimum Gasteiger partial charge on any atom is -0.490 e. The van der Waals surface area contributed by atoms with E-state index in [0.29, 0.717) is 46.1 Å². The number of hydrogen-bond donors (Lipinski definition) is 4. The monoisotopic (exact) mass is 667 g/mol. The third-order valence-corrected chi connectivity index (χ3v) is 7.20. The van der Waals surface area contributed by atoms with Crippen molar-refractivity contribution < 1.29 is 33.6 Å². The van der Waals surface area contributed by atoms with Gasteiger partial charge in [-0.3, -0.25) is 5.43 Å². The Morgan fingerprint density at radius 2 is 1.87 bits per heavy atom. The molecule has 3 aromatic rings. The number of carbonyl (C=O) groups excluding carboxylic acids is 2. The van der Waals surface area contributed by atoms with E-state index in [1.807, 2.05) is 6.07 Å². The Morgan fingerprint density at radius 3 is 2.57 bits per heavy atom. The minimum atomic E-state index is -1.21. The van der Waals surface area contributed by atoms with Gasteiger partial charge in [0.1, 0.15) is 13.2 Å². The van der Waals surface area contributed by atoms with Gasteiger partial charge in [-0.15, -0.1) is 0 Å². The molecule has 0 aliphatic carbocycles. The van der Waals surface area contributed by atoms with Crippen LogP contribution in [0.4, 0.5) is 4.79 Å². The third-order valence-electron chi connectivity index (χ3n) is 6.64. The molecule has 1 aliphatic heterocycles. The highest BCUT2D eigenvalue weighted by atomic mass is 35.5. The molecule has 4 N–H and O–H groups in total. The lowest BCUT2D eigenvalue weighted by atomic mass is 9.95. The maximum Gasteiger partial charge on any atom is 0.337 e. The van der Waals surface area contributed by atoms with Crippen LogP contribution >= 0.6 is 23.2 Å². The van der Waals surface area contributed by atoms with Gasteiger partial charge >= 0.3 is 12.0 Å². The van der Waals surface area contributed by atoms with Gasteiger partial charge in [-0.25, -0.2) is 9.59 Å². The number of benzene rings is 3. The van der Waals surface area contributed by atoms with Crippen LogP contribution in [0.5, 0.6) is 17.2 Å². The molecule has 1 aliphatic rings. The van der Waals surface area contributed by atoms with E-state index in [1.54, 1.807) is 62.4 Å². The summed E-state index contributed by atoms with van der Waals surface area (Å²) in [5.41, 5.74) is 5.48. The number of ether oxygens (including phenoxy) is 4. The Balaban J connectivity index is 1.37. The number of aliphatic hydroxyl groups is 1. The fourth-order valence-corrected chi connectivity index (χ4v) is 5.13. The van der Waals surface area contributed by atoms with Crippen LogP contribution in [0.3, 0.4) is 0 Å². The molecule has 14 heteroatoms. The van der Waals surface area contributed by atoms with Crippen LogP contribution in [0.2, 0.25) is 10.0 Å². The van der Waals surface area contributed by atoms with Gasteiger partial charge in [-0.2, -0.15) is 10.4 Å². The molecule has 1 heterocycles. The second-order valence-electron chi connectivity index (χ2n) is 9.79. The summed E-state index contributed by atoms with van der Waals surface area (Å²) in [6.45, 7) is 3.62. The lowest BCUT2D eigenvalue weighted by Gasteiger charge is -2.28. The van der Waals surface area contributed by atoms with Crippen molar-refractivity contribution in [2.75, 3.05) is 20.3 Å². The zero-order valence-corrected chi connectivity index (χ0v) is 26.6. The Bertz CT molecular complexity index is 1680. The Hall–Kier alpha value is -4.96. The molecular weight excluding hydrogens is 637 g/mol. The quantitative estimate of drug-likeness (QED) is 0.0853. The first kappa shape index (κ1) is 33.9. The number of methoxy groups -OCH3 is 1. The number of allylic oxidation sites excluding steroid dienone is 1. The van der Waals surface area contributed by atoms with Crippen molar-refractivity contribution in [3.05, 3.63) is 98.2 Å². The van der Waals surface area contributed by atoms with Gasteiger partial charge in [0.2, 0.25) is 0 Å². The van der Waals surface area contributed by atoms with E-state index in [1.165, 1.54) is 13.3 Å². The second kappa shape index (κ2) is 15.9. The Labute approximate surface area is 275 Å². The van der Waals surface area contributed by atoms with E-state index in [0.717, 1.165) is 0 Å². The Morgan fingerprint density at radius 1 is 1.13 bits per heavy atom. The van der Waals surface area contributed by atoms with Crippen molar-refractivity contribution in [3.63, 3.8) is 0 Å². The van der Waals surface area contributed by atoms with Crippen molar-refractivity contribution in [2.45, 2.75) is 32.7 Å². The van der Waals surface area contributed by atoms with Gasteiger partial charge in [-0.1, -0.05) is 47.5 Å². The van der Waals surface area contributed by atoms with E-state index < -0.39 is 24.3 Å². The molecule has 2 amide bonds. The van der Waals surface area contributed by atoms with Gasteiger partial charge in [0.25, 0.3) is 0 Å². The molecule has 12 nitrogen and oxygen atoms in total. The lowest BCUT2D eigenvalue weighted by Crippen LogP contribution is -2.45. The largest absolute Gasteiger partial charge is 0.490 e. The summed E-state index contributed by atoms with van der Waals surface area (Å²) in [7, 11) is 1.26. The molecule has 0 fully saturated rings. The highest BCUT2D eigenvalue weighted by Crippen LogP contribution is 2.36. The summed E-state index contributed by atoms with van der Waals surface area (Å²) in [6.07, 6.45) is 0.206. The normalized spacial score (nSPS) is 15.0. The lowest BCUT2D eigenvalue weighted by molar-refractivity contribution is -0.136. The average Bonchev–Trinajstić information content (AvgIpc) is 3.03. The molecule has 0 aromatic heterocycles. The molecule has 240 valence electrons. The van der Waals surface area contributed by atoms with E-state index in [4.69, 9.17) is 42.1 Å². The summed E-state index contributed by atoms with van der Waals surface area (Å²) in [4.78, 5) is 24.6. The number of nitrogens with one attached hydrogen (secondary N) is 3. The Kier molecular flexibility index (Phi) is 11.7. The van der Waals surface area contributed by atoms with Gasteiger partial charge in [-0.05, 0) is 55.3 Å². The fourth-order valence-electron chi connectivity index (χ4n) is 4.52. The van der Waals surface area contributed by atoms with E-state index in [-0.39, 0.29) is 34.6 Å². The maximum absolute atomic E-state index is 12.4. The number of nitriles is 1. The second-order valence-corrected chi connectivity index (χ2v) is 10.6. The average molecular weight is 669 g/mol. The molecule has 0 unspecified atom stereocenters. The molecule has 2 atom stereocenters. The molecule has 3 aromatic carbocycles. The maximum atomic E-state index is 12.4. The zero-order chi connectivity index (χ0) is 33.2. The number of esters is 1. The number of nitrogens with zero attached hydrogens (tertiary/aromatic N) is 2. The first-order valence-corrected chi connectivity index (χ1v) is 14.7. The van der Waals surface area contributed by atoms with Crippen molar-refractivity contribution in [3.8, 4) is 23.3 Å². The van der Waals surface area contributed by atoms with Gasteiger partial charge in [0, 0.05) is 11.3 Å². The van der Waals surface area contributed by atoms with Crippen LogP contribution in [0.1, 0.15) is 42.1 Å². The van der Waals surface area contributed by atoms with Crippen LogP contribution in [0.25, 0.3) is 0 Å². The van der Waals surface area contributed by atoms with Crippen LogP contribution in [0.15, 0.2) is 71.0 Å².